The van der Waals surface area contributed by atoms with Gasteiger partial charge in [-0.3, -0.25) is 9.36 Å². The van der Waals surface area contributed by atoms with Gasteiger partial charge in [-0.05, 0) is 30.5 Å². The zero-order chi connectivity index (χ0) is 19.9. The SMILES string of the molecule is COC[C@H](C)NC(=O)CSc1nnc(-c2cccs2)n1-c1ccccc1OC. The van der Waals surface area contributed by atoms with Crippen LogP contribution in [0, 0.1) is 0 Å². The lowest BCUT2D eigenvalue weighted by molar-refractivity contribution is -0.119. The molecule has 9 heteroatoms. The monoisotopic (exact) mass is 418 g/mol. The van der Waals surface area contributed by atoms with Gasteiger partial charge in [-0.25, -0.2) is 0 Å². The van der Waals surface area contributed by atoms with Gasteiger partial charge >= 0.3 is 0 Å². The maximum absolute atomic E-state index is 12.2. The van der Waals surface area contributed by atoms with Crippen molar-refractivity contribution in [2.24, 2.45) is 0 Å². The number of methoxy groups -OCH3 is 2. The molecule has 1 N–H and O–H groups in total. The highest BCUT2D eigenvalue weighted by atomic mass is 32.2. The van der Waals surface area contributed by atoms with Crippen LogP contribution in [0.3, 0.4) is 0 Å². The molecule has 2 heterocycles. The molecule has 1 atom stereocenters. The number of carbonyl (C=O) groups excluding carboxylic acids is 1. The second-order valence-electron chi connectivity index (χ2n) is 6.00. The zero-order valence-corrected chi connectivity index (χ0v) is 17.5. The van der Waals surface area contributed by atoms with Gasteiger partial charge in [0.05, 0.1) is 30.0 Å². The number of para-hydroxylation sites is 2. The normalized spacial score (nSPS) is 12.0. The fourth-order valence-corrected chi connectivity index (χ4v) is 4.15. The quantitative estimate of drug-likeness (QED) is 0.538. The number of nitrogens with one attached hydrogen (secondary N) is 1. The first kappa shape index (κ1) is 20.4. The average molecular weight is 419 g/mol. The largest absolute Gasteiger partial charge is 0.495 e. The third-order valence-electron chi connectivity index (χ3n) is 3.86. The first-order valence-electron chi connectivity index (χ1n) is 8.67. The van der Waals surface area contributed by atoms with Crippen molar-refractivity contribution in [2.45, 2.75) is 18.1 Å². The van der Waals surface area contributed by atoms with Crippen molar-refractivity contribution >= 4 is 29.0 Å². The summed E-state index contributed by atoms with van der Waals surface area (Å²) in [4.78, 5) is 13.2. The second kappa shape index (κ2) is 9.72. The van der Waals surface area contributed by atoms with E-state index in [1.165, 1.54) is 11.8 Å². The van der Waals surface area contributed by atoms with Crippen LogP contribution in [0.4, 0.5) is 0 Å². The van der Waals surface area contributed by atoms with E-state index in [4.69, 9.17) is 9.47 Å². The van der Waals surface area contributed by atoms with Gasteiger partial charge in [-0.1, -0.05) is 30.0 Å². The van der Waals surface area contributed by atoms with Gasteiger partial charge in [0.2, 0.25) is 5.91 Å². The van der Waals surface area contributed by atoms with Crippen LogP contribution >= 0.6 is 23.1 Å². The number of hydrogen-bond acceptors (Lipinski definition) is 7. The highest BCUT2D eigenvalue weighted by Gasteiger charge is 2.20. The molecule has 3 aromatic rings. The molecule has 0 bridgehead atoms. The van der Waals surface area contributed by atoms with Crippen LogP contribution in [0.2, 0.25) is 0 Å². The third kappa shape index (κ3) is 4.73. The number of ether oxygens (including phenoxy) is 2. The summed E-state index contributed by atoms with van der Waals surface area (Å²) in [6.07, 6.45) is 0. The summed E-state index contributed by atoms with van der Waals surface area (Å²) in [5, 5.41) is 14.2. The van der Waals surface area contributed by atoms with Crippen molar-refractivity contribution < 1.29 is 14.3 Å². The first-order chi connectivity index (χ1) is 13.6. The van der Waals surface area contributed by atoms with Gasteiger partial charge in [0.25, 0.3) is 0 Å². The Kier molecular flexibility index (Phi) is 7.07. The van der Waals surface area contributed by atoms with E-state index < -0.39 is 0 Å². The molecule has 0 radical (unpaired) electrons. The number of hydrogen-bond donors (Lipinski definition) is 1. The van der Waals surface area contributed by atoms with Crippen LogP contribution < -0.4 is 10.1 Å². The average Bonchev–Trinajstić information content (AvgIpc) is 3.36. The molecule has 28 heavy (non-hydrogen) atoms. The topological polar surface area (TPSA) is 78.3 Å². The fourth-order valence-electron chi connectivity index (χ4n) is 2.70. The predicted octanol–water partition coefficient (Wildman–Crippen LogP) is 3.25. The summed E-state index contributed by atoms with van der Waals surface area (Å²) >= 11 is 2.92. The van der Waals surface area contributed by atoms with Crippen molar-refractivity contribution in [3.8, 4) is 22.1 Å². The molecule has 0 aliphatic carbocycles. The lowest BCUT2D eigenvalue weighted by Gasteiger charge is -2.14. The molecule has 148 valence electrons. The van der Waals surface area contributed by atoms with Crippen molar-refractivity contribution in [2.75, 3.05) is 26.6 Å². The second-order valence-corrected chi connectivity index (χ2v) is 7.89. The van der Waals surface area contributed by atoms with E-state index in [0.29, 0.717) is 17.5 Å². The van der Waals surface area contributed by atoms with Gasteiger partial charge in [-0.15, -0.1) is 21.5 Å². The number of thiophene rings is 1. The smallest absolute Gasteiger partial charge is 0.230 e. The minimum absolute atomic E-state index is 0.0492. The summed E-state index contributed by atoms with van der Waals surface area (Å²) < 4.78 is 12.5. The number of rotatable bonds is 9. The van der Waals surface area contributed by atoms with Crippen molar-refractivity contribution in [1.82, 2.24) is 20.1 Å². The Morgan fingerprint density at radius 1 is 1.25 bits per heavy atom. The lowest BCUT2D eigenvalue weighted by Crippen LogP contribution is -2.36. The number of aromatic nitrogens is 3. The molecular weight excluding hydrogens is 396 g/mol. The summed E-state index contributed by atoms with van der Waals surface area (Å²) in [6, 6.07) is 11.6. The maximum atomic E-state index is 12.2. The fraction of sp³-hybridized carbons (Fsp3) is 0.316. The molecule has 0 aliphatic rings. The summed E-state index contributed by atoms with van der Waals surface area (Å²) in [5.41, 5.74) is 0.828. The van der Waals surface area contributed by atoms with Gasteiger partial charge in [0.15, 0.2) is 11.0 Å². The van der Waals surface area contributed by atoms with Gasteiger partial charge in [0.1, 0.15) is 5.75 Å². The van der Waals surface area contributed by atoms with E-state index >= 15 is 0 Å². The summed E-state index contributed by atoms with van der Waals surface area (Å²) in [5.74, 6) is 1.57. The molecule has 0 fully saturated rings. The lowest BCUT2D eigenvalue weighted by atomic mass is 10.3. The van der Waals surface area contributed by atoms with E-state index in [0.717, 1.165) is 16.4 Å². The van der Waals surface area contributed by atoms with E-state index in [1.807, 2.05) is 53.3 Å². The highest BCUT2D eigenvalue weighted by Crippen LogP contribution is 2.33. The molecule has 1 amide bonds. The molecule has 0 spiro atoms. The maximum Gasteiger partial charge on any atom is 0.230 e. The molecule has 1 aromatic carbocycles. The van der Waals surface area contributed by atoms with Crippen LogP contribution in [0.25, 0.3) is 16.4 Å². The van der Waals surface area contributed by atoms with Crippen molar-refractivity contribution in [1.29, 1.82) is 0 Å². The Hall–Kier alpha value is -2.36. The molecule has 0 unspecified atom stereocenters. The Morgan fingerprint density at radius 3 is 2.79 bits per heavy atom. The van der Waals surface area contributed by atoms with E-state index in [9.17, 15) is 4.79 Å². The molecule has 0 saturated heterocycles. The van der Waals surface area contributed by atoms with Crippen LogP contribution in [-0.2, 0) is 9.53 Å². The Morgan fingerprint density at radius 2 is 2.07 bits per heavy atom. The first-order valence-corrected chi connectivity index (χ1v) is 10.5. The van der Waals surface area contributed by atoms with E-state index in [-0.39, 0.29) is 17.7 Å². The molecule has 2 aromatic heterocycles. The molecule has 0 saturated carbocycles. The third-order valence-corrected chi connectivity index (χ3v) is 5.65. The van der Waals surface area contributed by atoms with Crippen molar-refractivity contribution in [3.63, 3.8) is 0 Å². The summed E-state index contributed by atoms with van der Waals surface area (Å²) in [7, 11) is 3.24. The van der Waals surface area contributed by atoms with Gasteiger partial charge in [-0.2, -0.15) is 0 Å². The Bertz CT molecular complexity index is 912. The number of benzene rings is 1. The number of carbonyl (C=O) groups is 1. The zero-order valence-electron chi connectivity index (χ0n) is 15.9. The number of thioether (sulfide) groups is 1. The van der Waals surface area contributed by atoms with Crippen LogP contribution in [0.5, 0.6) is 5.75 Å². The van der Waals surface area contributed by atoms with Crippen LogP contribution in [0.15, 0.2) is 46.9 Å². The molecule has 7 nitrogen and oxygen atoms in total. The van der Waals surface area contributed by atoms with E-state index in [2.05, 4.69) is 15.5 Å². The molecular formula is C19H22N4O3S2. The molecule has 0 aliphatic heterocycles. The van der Waals surface area contributed by atoms with Crippen molar-refractivity contribution in [3.05, 3.63) is 41.8 Å². The number of nitrogens with zero attached hydrogens (tertiary/aromatic N) is 3. The Labute approximate surface area is 172 Å². The Balaban J connectivity index is 1.89. The number of amides is 1. The van der Waals surface area contributed by atoms with E-state index in [1.54, 1.807) is 25.6 Å². The van der Waals surface area contributed by atoms with Gasteiger partial charge < -0.3 is 14.8 Å². The van der Waals surface area contributed by atoms with Crippen LogP contribution in [-0.4, -0.2) is 53.3 Å². The van der Waals surface area contributed by atoms with Crippen LogP contribution in [0.1, 0.15) is 6.92 Å². The predicted molar refractivity (Wildman–Crippen MR) is 111 cm³/mol. The summed E-state index contributed by atoms with van der Waals surface area (Å²) in [6.45, 7) is 2.37. The minimum atomic E-state index is -0.0817. The molecule has 3 rings (SSSR count). The standard InChI is InChI=1S/C19H22N4O3S2/c1-13(11-25-2)20-17(24)12-28-19-22-21-18(16-9-6-10-27-16)23(19)14-7-4-5-8-15(14)26-3/h4-10,13H,11-12H2,1-3H3,(H,20,24)/t13-/m0/s1. The van der Waals surface area contributed by atoms with Gasteiger partial charge in [0, 0.05) is 13.2 Å². The minimum Gasteiger partial charge on any atom is -0.495 e. The highest BCUT2D eigenvalue weighted by molar-refractivity contribution is 7.99.